The number of ether oxygens (including phenoxy) is 1. The SMILES string of the molecule is C[C@@H](Sc1nc2cc(Cl)ccc2c(=O)n1C[C@@H]1CCCO1)C(=O)N(C)C1CCCCC1. The number of thioether (sulfide) groups is 1. The Hall–Kier alpha value is -1.57. The summed E-state index contributed by atoms with van der Waals surface area (Å²) in [5, 5.41) is 1.28. The predicted molar refractivity (Wildman–Crippen MR) is 125 cm³/mol. The summed E-state index contributed by atoms with van der Waals surface area (Å²) in [7, 11) is 1.91. The van der Waals surface area contributed by atoms with Crippen LogP contribution in [-0.4, -0.2) is 51.4 Å². The Morgan fingerprint density at radius 2 is 2.06 bits per heavy atom. The molecular formula is C23H30ClN3O3S. The number of amides is 1. The first-order chi connectivity index (χ1) is 14.9. The fourth-order valence-electron chi connectivity index (χ4n) is 4.56. The van der Waals surface area contributed by atoms with Gasteiger partial charge in [-0.05, 0) is 50.8 Å². The van der Waals surface area contributed by atoms with E-state index in [1.165, 1.54) is 31.0 Å². The predicted octanol–water partition coefficient (Wildman–Crippen LogP) is 4.50. The van der Waals surface area contributed by atoms with Crippen molar-refractivity contribution < 1.29 is 9.53 Å². The van der Waals surface area contributed by atoms with Crippen LogP contribution in [0, 0.1) is 0 Å². The molecule has 168 valence electrons. The minimum atomic E-state index is -0.341. The average Bonchev–Trinajstić information content (AvgIpc) is 3.29. The average molecular weight is 464 g/mol. The van der Waals surface area contributed by atoms with Gasteiger partial charge in [-0.25, -0.2) is 4.98 Å². The Kier molecular flexibility index (Phi) is 7.24. The highest BCUT2D eigenvalue weighted by Crippen LogP contribution is 2.28. The third-order valence-corrected chi connectivity index (χ3v) is 7.71. The van der Waals surface area contributed by atoms with Gasteiger partial charge in [-0.15, -0.1) is 0 Å². The molecule has 0 unspecified atom stereocenters. The summed E-state index contributed by atoms with van der Waals surface area (Å²) in [6.45, 7) is 3.07. The molecule has 1 aromatic heterocycles. The fraction of sp³-hybridized carbons (Fsp3) is 0.609. The van der Waals surface area contributed by atoms with Gasteiger partial charge in [0.1, 0.15) is 0 Å². The summed E-state index contributed by atoms with van der Waals surface area (Å²) >= 11 is 7.50. The van der Waals surface area contributed by atoms with E-state index in [2.05, 4.69) is 0 Å². The number of hydrogen-bond acceptors (Lipinski definition) is 5. The lowest BCUT2D eigenvalue weighted by atomic mass is 9.94. The highest BCUT2D eigenvalue weighted by molar-refractivity contribution is 8.00. The van der Waals surface area contributed by atoms with Crippen molar-refractivity contribution in [2.75, 3.05) is 13.7 Å². The maximum atomic E-state index is 13.3. The van der Waals surface area contributed by atoms with E-state index in [1.54, 1.807) is 22.8 Å². The molecule has 0 N–H and O–H groups in total. The molecule has 31 heavy (non-hydrogen) atoms. The molecule has 8 heteroatoms. The minimum absolute atomic E-state index is 0.000444. The molecule has 1 saturated carbocycles. The van der Waals surface area contributed by atoms with Gasteiger partial charge in [0.05, 0.1) is 28.8 Å². The molecule has 2 fully saturated rings. The number of halogens is 1. The molecule has 0 spiro atoms. The van der Waals surface area contributed by atoms with Crippen molar-refractivity contribution in [3.05, 3.63) is 33.6 Å². The first-order valence-electron chi connectivity index (χ1n) is 11.2. The zero-order valence-corrected chi connectivity index (χ0v) is 19.8. The molecule has 1 aliphatic carbocycles. The zero-order valence-electron chi connectivity index (χ0n) is 18.2. The molecule has 0 radical (unpaired) electrons. The molecule has 2 atom stereocenters. The Morgan fingerprint density at radius 1 is 1.29 bits per heavy atom. The second-order valence-electron chi connectivity index (χ2n) is 8.61. The van der Waals surface area contributed by atoms with Gasteiger partial charge in [-0.3, -0.25) is 14.2 Å². The highest BCUT2D eigenvalue weighted by atomic mass is 35.5. The quantitative estimate of drug-likeness (QED) is 0.466. The lowest BCUT2D eigenvalue weighted by molar-refractivity contribution is -0.131. The van der Waals surface area contributed by atoms with Gasteiger partial charge in [0.15, 0.2) is 5.16 Å². The van der Waals surface area contributed by atoms with Crippen LogP contribution in [0.3, 0.4) is 0 Å². The van der Waals surface area contributed by atoms with Crippen LogP contribution in [-0.2, 0) is 16.1 Å². The Balaban J connectivity index is 1.62. The second kappa shape index (κ2) is 9.92. The van der Waals surface area contributed by atoms with Gasteiger partial charge < -0.3 is 9.64 Å². The largest absolute Gasteiger partial charge is 0.376 e. The van der Waals surface area contributed by atoms with Crippen molar-refractivity contribution in [2.24, 2.45) is 0 Å². The number of nitrogens with zero attached hydrogens (tertiary/aromatic N) is 3. The van der Waals surface area contributed by atoms with E-state index in [1.807, 2.05) is 18.9 Å². The molecule has 1 saturated heterocycles. The van der Waals surface area contributed by atoms with Crippen molar-refractivity contribution in [3.63, 3.8) is 0 Å². The van der Waals surface area contributed by atoms with Gasteiger partial charge in [0, 0.05) is 24.7 Å². The Morgan fingerprint density at radius 3 is 2.77 bits per heavy atom. The third-order valence-electron chi connectivity index (χ3n) is 6.39. The van der Waals surface area contributed by atoms with Crippen LogP contribution < -0.4 is 5.56 Å². The van der Waals surface area contributed by atoms with E-state index < -0.39 is 0 Å². The van der Waals surface area contributed by atoms with E-state index in [4.69, 9.17) is 21.3 Å². The van der Waals surface area contributed by atoms with Crippen molar-refractivity contribution in [1.29, 1.82) is 0 Å². The molecule has 0 bridgehead atoms. The summed E-state index contributed by atoms with van der Waals surface area (Å²) in [4.78, 5) is 33.1. The summed E-state index contributed by atoms with van der Waals surface area (Å²) in [6.07, 6.45) is 7.66. The van der Waals surface area contributed by atoms with E-state index in [0.717, 1.165) is 32.3 Å². The summed E-state index contributed by atoms with van der Waals surface area (Å²) < 4.78 is 7.46. The van der Waals surface area contributed by atoms with Gasteiger partial charge in [0.25, 0.3) is 5.56 Å². The smallest absolute Gasteiger partial charge is 0.262 e. The number of rotatable bonds is 6. The number of carbonyl (C=O) groups is 1. The van der Waals surface area contributed by atoms with E-state index in [0.29, 0.717) is 33.7 Å². The van der Waals surface area contributed by atoms with Crippen molar-refractivity contribution >= 4 is 40.2 Å². The van der Waals surface area contributed by atoms with Crippen LogP contribution >= 0.6 is 23.4 Å². The van der Waals surface area contributed by atoms with E-state index in [-0.39, 0.29) is 22.8 Å². The molecular weight excluding hydrogens is 434 g/mol. The Bertz CT molecular complexity index is 999. The van der Waals surface area contributed by atoms with Crippen LogP contribution in [0.15, 0.2) is 28.2 Å². The van der Waals surface area contributed by atoms with Gasteiger partial charge >= 0.3 is 0 Å². The molecule has 4 rings (SSSR count). The number of hydrogen-bond donors (Lipinski definition) is 0. The van der Waals surface area contributed by atoms with E-state index >= 15 is 0 Å². The van der Waals surface area contributed by atoms with Crippen LogP contribution in [0.2, 0.25) is 5.02 Å². The van der Waals surface area contributed by atoms with Crippen LogP contribution in [0.5, 0.6) is 0 Å². The maximum Gasteiger partial charge on any atom is 0.262 e. The molecule has 2 aliphatic rings. The summed E-state index contributed by atoms with van der Waals surface area (Å²) in [5.74, 6) is 0.0843. The topological polar surface area (TPSA) is 64.4 Å². The minimum Gasteiger partial charge on any atom is -0.376 e. The summed E-state index contributed by atoms with van der Waals surface area (Å²) in [6, 6.07) is 5.45. The van der Waals surface area contributed by atoms with Gasteiger partial charge in [-0.2, -0.15) is 0 Å². The van der Waals surface area contributed by atoms with Crippen LogP contribution in [0.4, 0.5) is 0 Å². The number of benzene rings is 1. The molecule has 1 amide bonds. The second-order valence-corrected chi connectivity index (χ2v) is 10.4. The standard InChI is InChI=1S/C23H30ClN3O3S/c1-15(21(28)26(2)17-7-4-3-5-8-17)31-23-25-20-13-16(24)10-11-19(20)22(29)27(23)14-18-9-6-12-30-18/h10-11,13,15,17-18H,3-9,12,14H2,1-2H3/t15-,18+/m1/s1. The van der Waals surface area contributed by atoms with Crippen LogP contribution in [0.1, 0.15) is 51.9 Å². The molecule has 6 nitrogen and oxygen atoms in total. The lowest BCUT2D eigenvalue weighted by Crippen LogP contribution is -2.42. The van der Waals surface area contributed by atoms with Crippen molar-refractivity contribution in [1.82, 2.24) is 14.5 Å². The first-order valence-corrected chi connectivity index (χ1v) is 12.4. The Labute approximate surface area is 192 Å². The first kappa shape index (κ1) is 22.6. The summed E-state index contributed by atoms with van der Waals surface area (Å²) in [5.41, 5.74) is 0.448. The number of carbonyl (C=O) groups excluding carboxylic acids is 1. The van der Waals surface area contributed by atoms with E-state index in [9.17, 15) is 9.59 Å². The number of aromatic nitrogens is 2. The maximum absolute atomic E-state index is 13.3. The van der Waals surface area contributed by atoms with Gasteiger partial charge in [0.2, 0.25) is 5.91 Å². The number of fused-ring (bicyclic) bond motifs is 1. The van der Waals surface area contributed by atoms with Gasteiger partial charge in [-0.1, -0.05) is 42.6 Å². The zero-order chi connectivity index (χ0) is 22.0. The monoisotopic (exact) mass is 463 g/mol. The van der Waals surface area contributed by atoms with Crippen molar-refractivity contribution in [3.8, 4) is 0 Å². The molecule has 1 aliphatic heterocycles. The lowest BCUT2D eigenvalue weighted by Gasteiger charge is -2.32. The van der Waals surface area contributed by atoms with Crippen LogP contribution in [0.25, 0.3) is 10.9 Å². The third kappa shape index (κ3) is 5.10. The fourth-order valence-corrected chi connectivity index (χ4v) is 5.75. The normalized spacial score (nSPS) is 20.8. The highest BCUT2D eigenvalue weighted by Gasteiger charge is 2.28. The molecule has 2 heterocycles. The van der Waals surface area contributed by atoms with Crippen molar-refractivity contribution in [2.45, 2.75) is 81.0 Å². The molecule has 2 aromatic rings. The molecule has 1 aromatic carbocycles.